The Kier molecular flexibility index (Phi) is 3.26. The molecule has 0 aliphatic carbocycles. The fourth-order valence-corrected chi connectivity index (χ4v) is 2.97. The number of aromatic nitrogens is 2. The number of halogens is 2. The molecule has 5 nitrogen and oxygen atoms in total. The van der Waals surface area contributed by atoms with Crippen LogP contribution < -0.4 is 4.90 Å². The summed E-state index contributed by atoms with van der Waals surface area (Å²) in [6, 6.07) is 4.95. The Balaban J connectivity index is 2.10. The fraction of sp³-hybridized carbons (Fsp3) is 0.214. The number of hydrogen-bond acceptors (Lipinski definition) is 3. The smallest absolute Gasteiger partial charge is 0.297 e. The molecule has 0 unspecified atom stereocenters. The second-order valence-corrected chi connectivity index (χ2v) is 5.69. The third kappa shape index (κ3) is 2.13. The van der Waals surface area contributed by atoms with Gasteiger partial charge in [0, 0.05) is 7.05 Å². The molecule has 2 heterocycles. The average molecular weight is 324 g/mol. The lowest BCUT2D eigenvalue weighted by molar-refractivity contribution is -0.114. The Morgan fingerprint density at radius 1 is 1.19 bits per heavy atom. The van der Waals surface area contributed by atoms with Crippen LogP contribution in [0.4, 0.5) is 5.69 Å². The number of aryl methyl sites for hydroxylation is 2. The van der Waals surface area contributed by atoms with Crippen molar-refractivity contribution in [2.24, 2.45) is 7.05 Å². The fourth-order valence-electron chi connectivity index (χ4n) is 2.48. The van der Waals surface area contributed by atoms with Gasteiger partial charge in [-0.2, -0.15) is 5.10 Å². The van der Waals surface area contributed by atoms with Crippen molar-refractivity contribution < 1.29 is 9.59 Å². The number of carbonyl (C=O) groups excluding carboxylic acids is 2. The van der Waals surface area contributed by atoms with Crippen LogP contribution in [0.1, 0.15) is 21.7 Å². The highest BCUT2D eigenvalue weighted by Gasteiger charge is 2.39. The lowest BCUT2D eigenvalue weighted by atomic mass is 10.1. The van der Waals surface area contributed by atoms with Gasteiger partial charge < -0.3 is 0 Å². The lowest BCUT2D eigenvalue weighted by Crippen LogP contribution is -2.30. The highest BCUT2D eigenvalue weighted by Crippen LogP contribution is 2.40. The summed E-state index contributed by atoms with van der Waals surface area (Å²) in [6.45, 7) is 2.08. The minimum absolute atomic E-state index is 0.174. The summed E-state index contributed by atoms with van der Waals surface area (Å²) in [5.74, 6) is -1.25. The summed E-state index contributed by atoms with van der Waals surface area (Å²) >= 11 is 12.2. The van der Waals surface area contributed by atoms with E-state index in [1.54, 1.807) is 17.8 Å². The van der Waals surface area contributed by atoms with E-state index in [1.807, 2.05) is 13.0 Å². The number of hydrogen-bond donors (Lipinski definition) is 0. The first-order valence-electron chi connectivity index (χ1n) is 6.24. The van der Waals surface area contributed by atoms with Crippen LogP contribution in [0.3, 0.4) is 0 Å². The van der Waals surface area contributed by atoms with Crippen LogP contribution in [0.15, 0.2) is 18.2 Å². The van der Waals surface area contributed by atoms with Gasteiger partial charge in [-0.3, -0.25) is 19.2 Å². The molecule has 1 amide bonds. The molecule has 2 aromatic rings. The van der Waals surface area contributed by atoms with Crippen LogP contribution >= 0.6 is 23.2 Å². The molecule has 0 radical (unpaired) electrons. The zero-order valence-electron chi connectivity index (χ0n) is 11.4. The maximum absolute atomic E-state index is 12.2. The third-order valence-corrected chi connectivity index (χ3v) is 4.05. The maximum Gasteiger partial charge on any atom is 0.299 e. The summed E-state index contributed by atoms with van der Waals surface area (Å²) in [5.41, 5.74) is 2.19. The van der Waals surface area contributed by atoms with Gasteiger partial charge in [0.05, 0.1) is 39.2 Å². The molecule has 0 bridgehead atoms. The maximum atomic E-state index is 12.2. The molecule has 0 saturated carbocycles. The number of amides is 1. The number of benzene rings is 1. The van der Waals surface area contributed by atoms with Crippen molar-refractivity contribution in [3.8, 4) is 0 Å². The summed E-state index contributed by atoms with van der Waals surface area (Å²) in [4.78, 5) is 25.7. The second kappa shape index (κ2) is 4.86. The Hall–Kier alpha value is -1.85. The largest absolute Gasteiger partial charge is 0.299 e. The van der Waals surface area contributed by atoms with E-state index in [4.69, 9.17) is 23.2 Å². The number of rotatable bonds is 2. The number of nitrogens with zero attached hydrogens (tertiary/aromatic N) is 3. The van der Waals surface area contributed by atoms with E-state index in [-0.39, 0.29) is 17.1 Å². The first-order valence-corrected chi connectivity index (χ1v) is 6.99. The molecular weight excluding hydrogens is 313 g/mol. The summed E-state index contributed by atoms with van der Waals surface area (Å²) in [7, 11) is 1.78. The Morgan fingerprint density at radius 2 is 1.86 bits per heavy atom. The molecule has 0 fully saturated rings. The van der Waals surface area contributed by atoms with E-state index >= 15 is 0 Å². The van der Waals surface area contributed by atoms with Crippen LogP contribution in [0.25, 0.3) is 0 Å². The van der Waals surface area contributed by atoms with Crippen LogP contribution in [-0.2, 0) is 18.4 Å². The zero-order valence-corrected chi connectivity index (χ0v) is 12.9. The van der Waals surface area contributed by atoms with Gasteiger partial charge in [0.15, 0.2) is 0 Å². The van der Waals surface area contributed by atoms with Gasteiger partial charge >= 0.3 is 0 Å². The zero-order chi connectivity index (χ0) is 15.3. The first kappa shape index (κ1) is 14.1. The van der Waals surface area contributed by atoms with Gasteiger partial charge in [0.1, 0.15) is 0 Å². The molecule has 0 atom stereocenters. The summed E-state index contributed by atoms with van der Waals surface area (Å²) in [6.07, 6.45) is 0. The summed E-state index contributed by atoms with van der Waals surface area (Å²) < 4.78 is 1.67. The van der Waals surface area contributed by atoms with Gasteiger partial charge in [0.2, 0.25) is 0 Å². The topological polar surface area (TPSA) is 55.2 Å². The van der Waals surface area contributed by atoms with Crippen molar-refractivity contribution in [3.05, 3.63) is 45.2 Å². The predicted octanol–water partition coefficient (Wildman–Crippen LogP) is 2.76. The number of carbonyl (C=O) groups is 2. The molecule has 0 spiro atoms. The van der Waals surface area contributed by atoms with E-state index < -0.39 is 11.7 Å². The molecule has 1 aliphatic heterocycles. The Labute approximate surface area is 131 Å². The van der Waals surface area contributed by atoms with Crippen LogP contribution in [0.5, 0.6) is 0 Å². The molecule has 7 heteroatoms. The molecule has 3 rings (SSSR count). The molecule has 0 saturated heterocycles. The standard InChI is InChI=1S/C14H11Cl2N3O2/c1-7-5-8(18(2)17-7)6-19-12-10(16)4-3-9(15)11(12)13(20)14(19)21/h3-5H,6H2,1-2H3. The third-order valence-electron chi connectivity index (χ3n) is 3.43. The van der Waals surface area contributed by atoms with E-state index in [0.717, 1.165) is 11.4 Å². The quantitative estimate of drug-likeness (QED) is 0.798. The molecule has 1 aromatic heterocycles. The van der Waals surface area contributed by atoms with Crippen molar-refractivity contribution in [3.63, 3.8) is 0 Å². The normalized spacial score (nSPS) is 14.0. The highest BCUT2D eigenvalue weighted by molar-refractivity contribution is 6.56. The van der Waals surface area contributed by atoms with E-state index in [1.165, 1.54) is 11.0 Å². The van der Waals surface area contributed by atoms with Gasteiger partial charge in [-0.15, -0.1) is 0 Å². The van der Waals surface area contributed by atoms with Gasteiger partial charge in [0.25, 0.3) is 11.7 Å². The average Bonchev–Trinajstić information content (AvgIpc) is 2.87. The van der Waals surface area contributed by atoms with Crippen molar-refractivity contribution in [1.29, 1.82) is 0 Å². The van der Waals surface area contributed by atoms with E-state index in [0.29, 0.717) is 10.7 Å². The monoisotopic (exact) mass is 323 g/mol. The summed E-state index contributed by atoms with van der Waals surface area (Å²) in [5, 5.41) is 4.79. The number of fused-ring (bicyclic) bond motifs is 1. The van der Waals surface area contributed by atoms with Crippen molar-refractivity contribution in [2.75, 3.05) is 4.90 Å². The predicted molar refractivity (Wildman–Crippen MR) is 79.9 cm³/mol. The van der Waals surface area contributed by atoms with Crippen molar-refractivity contribution >= 4 is 40.6 Å². The van der Waals surface area contributed by atoms with Crippen LogP contribution in [0.2, 0.25) is 10.0 Å². The highest BCUT2D eigenvalue weighted by atomic mass is 35.5. The number of anilines is 1. The van der Waals surface area contributed by atoms with E-state index in [2.05, 4.69) is 5.10 Å². The molecule has 1 aromatic carbocycles. The SMILES string of the molecule is Cc1cc(CN2C(=O)C(=O)c3c(Cl)ccc(Cl)c32)n(C)n1. The molecular formula is C14H11Cl2N3O2. The second-order valence-electron chi connectivity index (χ2n) is 4.87. The van der Waals surface area contributed by atoms with Gasteiger partial charge in [-0.1, -0.05) is 23.2 Å². The van der Waals surface area contributed by atoms with Gasteiger partial charge in [-0.25, -0.2) is 0 Å². The Bertz CT molecular complexity index is 783. The Morgan fingerprint density at radius 3 is 2.48 bits per heavy atom. The van der Waals surface area contributed by atoms with Crippen molar-refractivity contribution in [2.45, 2.75) is 13.5 Å². The number of Topliss-reactive ketones (excluding diaryl/α,β-unsaturated/α-hetero) is 1. The van der Waals surface area contributed by atoms with Crippen LogP contribution in [-0.4, -0.2) is 21.5 Å². The minimum atomic E-state index is -0.628. The van der Waals surface area contributed by atoms with Gasteiger partial charge in [-0.05, 0) is 25.1 Å². The first-order chi connectivity index (χ1) is 9.90. The van der Waals surface area contributed by atoms with E-state index in [9.17, 15) is 9.59 Å². The lowest BCUT2D eigenvalue weighted by Gasteiger charge is -2.17. The molecule has 0 N–H and O–H groups in total. The minimum Gasteiger partial charge on any atom is -0.297 e. The number of ketones is 1. The van der Waals surface area contributed by atoms with Crippen molar-refractivity contribution in [1.82, 2.24) is 9.78 Å². The molecule has 108 valence electrons. The molecule has 1 aliphatic rings. The molecule has 21 heavy (non-hydrogen) atoms. The van der Waals surface area contributed by atoms with Crippen LogP contribution in [0, 0.1) is 6.92 Å².